The predicted molar refractivity (Wildman–Crippen MR) is 134 cm³/mol. The minimum Gasteiger partial charge on any atom is -0.497 e. The Bertz CT molecular complexity index is 1230. The van der Waals surface area contributed by atoms with E-state index >= 15 is 0 Å². The normalized spacial score (nSPS) is 12.8. The molecule has 0 aliphatic carbocycles. The number of sulfonamides is 1. The molecule has 1 aliphatic rings. The molecule has 0 aromatic heterocycles. The minimum atomic E-state index is -3.94. The number of rotatable bonds is 10. The van der Waals surface area contributed by atoms with Gasteiger partial charge in [-0.3, -0.25) is 9.10 Å². The zero-order chi connectivity index (χ0) is 24.0. The number of hydrogen-bond acceptors (Lipinski definition) is 5. The Morgan fingerprint density at radius 1 is 1.03 bits per heavy atom. The van der Waals surface area contributed by atoms with Gasteiger partial charge in [0.05, 0.1) is 17.7 Å². The second-order valence-corrected chi connectivity index (χ2v) is 9.96. The van der Waals surface area contributed by atoms with Crippen LogP contribution in [0.2, 0.25) is 0 Å². The van der Waals surface area contributed by atoms with Crippen molar-refractivity contribution >= 4 is 27.3 Å². The van der Waals surface area contributed by atoms with Crippen LogP contribution in [-0.4, -0.2) is 47.6 Å². The molecule has 1 heterocycles. The van der Waals surface area contributed by atoms with Crippen LogP contribution in [0.4, 0.5) is 11.4 Å². The zero-order valence-electron chi connectivity index (χ0n) is 19.2. The fourth-order valence-corrected chi connectivity index (χ4v) is 5.56. The maximum Gasteiger partial charge on any atom is 0.264 e. The molecule has 7 nitrogen and oxygen atoms in total. The number of hydrogen-bond donors (Lipinski definition) is 1. The second kappa shape index (κ2) is 10.6. The molecule has 34 heavy (non-hydrogen) atoms. The molecule has 0 spiro atoms. The number of nitrogens with zero attached hydrogens (tertiary/aromatic N) is 2. The SMILES string of the molecule is COc1cccc(N(CC(=O)NCCCN2CCc3ccccc32)S(=O)(=O)c2ccccc2)c1. The molecule has 0 radical (unpaired) electrons. The van der Waals surface area contributed by atoms with Crippen LogP contribution in [0.5, 0.6) is 5.75 Å². The lowest BCUT2D eigenvalue weighted by molar-refractivity contribution is -0.119. The van der Waals surface area contributed by atoms with Gasteiger partial charge in [-0.1, -0.05) is 42.5 Å². The van der Waals surface area contributed by atoms with Crippen LogP contribution >= 0.6 is 0 Å². The van der Waals surface area contributed by atoms with Gasteiger partial charge in [0.25, 0.3) is 10.0 Å². The largest absolute Gasteiger partial charge is 0.497 e. The molecule has 0 unspecified atom stereocenters. The number of para-hydroxylation sites is 1. The summed E-state index contributed by atoms with van der Waals surface area (Å²) in [4.78, 5) is 15.2. The number of benzene rings is 3. The zero-order valence-corrected chi connectivity index (χ0v) is 20.0. The number of carbonyl (C=O) groups is 1. The van der Waals surface area contributed by atoms with Gasteiger partial charge in [-0.05, 0) is 48.7 Å². The van der Waals surface area contributed by atoms with Gasteiger partial charge in [0.1, 0.15) is 12.3 Å². The van der Waals surface area contributed by atoms with Gasteiger partial charge >= 0.3 is 0 Å². The monoisotopic (exact) mass is 479 g/mol. The summed E-state index contributed by atoms with van der Waals surface area (Å²) >= 11 is 0. The first kappa shape index (κ1) is 23.6. The number of ether oxygens (including phenoxy) is 1. The molecule has 0 saturated heterocycles. The van der Waals surface area contributed by atoms with Crippen LogP contribution in [0.3, 0.4) is 0 Å². The van der Waals surface area contributed by atoms with Crippen molar-refractivity contribution in [3.8, 4) is 5.75 Å². The number of amides is 1. The molecule has 0 bridgehead atoms. The van der Waals surface area contributed by atoms with E-state index in [9.17, 15) is 13.2 Å². The molecule has 4 rings (SSSR count). The lowest BCUT2D eigenvalue weighted by atomic mass is 10.2. The third kappa shape index (κ3) is 5.34. The van der Waals surface area contributed by atoms with Crippen LogP contribution in [0.15, 0.2) is 83.8 Å². The number of carbonyl (C=O) groups excluding carboxylic acids is 1. The van der Waals surface area contributed by atoms with E-state index in [1.165, 1.54) is 30.5 Å². The molecular weight excluding hydrogens is 450 g/mol. The lowest BCUT2D eigenvalue weighted by Gasteiger charge is -2.24. The van der Waals surface area contributed by atoms with Crippen molar-refractivity contribution in [1.29, 1.82) is 0 Å². The highest BCUT2D eigenvalue weighted by Crippen LogP contribution is 2.28. The van der Waals surface area contributed by atoms with E-state index in [-0.39, 0.29) is 17.3 Å². The molecule has 178 valence electrons. The molecule has 1 aliphatic heterocycles. The lowest BCUT2D eigenvalue weighted by Crippen LogP contribution is -2.41. The summed E-state index contributed by atoms with van der Waals surface area (Å²) in [5, 5.41) is 2.88. The maximum absolute atomic E-state index is 13.4. The van der Waals surface area contributed by atoms with Gasteiger partial charge in [-0.25, -0.2) is 8.42 Å². The van der Waals surface area contributed by atoms with Crippen molar-refractivity contribution in [2.45, 2.75) is 17.7 Å². The van der Waals surface area contributed by atoms with Gasteiger partial charge in [0.15, 0.2) is 0 Å². The average molecular weight is 480 g/mol. The highest BCUT2D eigenvalue weighted by Gasteiger charge is 2.27. The van der Waals surface area contributed by atoms with E-state index < -0.39 is 10.0 Å². The van der Waals surface area contributed by atoms with Crippen LogP contribution < -0.4 is 19.3 Å². The average Bonchev–Trinajstić information content (AvgIpc) is 3.28. The fraction of sp³-hybridized carbons (Fsp3) is 0.269. The van der Waals surface area contributed by atoms with E-state index in [4.69, 9.17) is 4.74 Å². The fourth-order valence-electron chi connectivity index (χ4n) is 4.12. The third-order valence-corrected chi connectivity index (χ3v) is 7.66. The van der Waals surface area contributed by atoms with Crippen LogP contribution in [-0.2, 0) is 21.2 Å². The first-order valence-electron chi connectivity index (χ1n) is 11.3. The topological polar surface area (TPSA) is 79.0 Å². The summed E-state index contributed by atoms with van der Waals surface area (Å²) in [6, 6.07) is 23.2. The quantitative estimate of drug-likeness (QED) is 0.451. The van der Waals surface area contributed by atoms with E-state index in [1.807, 2.05) is 6.07 Å². The number of anilines is 2. The first-order chi connectivity index (χ1) is 16.5. The molecule has 3 aromatic rings. The Balaban J connectivity index is 1.41. The summed E-state index contributed by atoms with van der Waals surface area (Å²) in [5.41, 5.74) is 2.98. The van der Waals surface area contributed by atoms with Crippen molar-refractivity contribution < 1.29 is 17.9 Å². The standard InChI is InChI=1S/C26H29N3O4S/c1-33-23-11-7-10-22(19-23)29(34(31,32)24-12-3-2-4-13-24)20-26(30)27-16-8-17-28-18-15-21-9-5-6-14-25(21)28/h2-7,9-14,19H,8,15-18,20H2,1H3,(H,27,30). The van der Waals surface area contributed by atoms with E-state index in [2.05, 4.69) is 28.4 Å². The van der Waals surface area contributed by atoms with Crippen LogP contribution in [0.1, 0.15) is 12.0 Å². The molecular formula is C26H29N3O4S. The minimum absolute atomic E-state index is 0.123. The van der Waals surface area contributed by atoms with Crippen molar-refractivity contribution in [2.75, 3.05) is 42.5 Å². The van der Waals surface area contributed by atoms with Gasteiger partial charge < -0.3 is 15.0 Å². The van der Waals surface area contributed by atoms with E-state index in [0.29, 0.717) is 18.0 Å². The molecule has 1 N–H and O–H groups in total. The van der Waals surface area contributed by atoms with Crippen molar-refractivity contribution in [1.82, 2.24) is 5.32 Å². The second-order valence-electron chi connectivity index (χ2n) is 8.10. The first-order valence-corrected chi connectivity index (χ1v) is 12.7. The Kier molecular flexibility index (Phi) is 7.37. The predicted octanol–water partition coefficient (Wildman–Crippen LogP) is 3.46. The van der Waals surface area contributed by atoms with Gasteiger partial charge in [-0.15, -0.1) is 0 Å². The Morgan fingerprint density at radius 3 is 2.59 bits per heavy atom. The molecule has 3 aromatic carbocycles. The van der Waals surface area contributed by atoms with Gasteiger partial charge in [0.2, 0.25) is 5.91 Å². The molecule has 0 fully saturated rings. The summed E-state index contributed by atoms with van der Waals surface area (Å²) in [7, 11) is -2.43. The number of fused-ring (bicyclic) bond motifs is 1. The van der Waals surface area contributed by atoms with Crippen molar-refractivity contribution in [3.63, 3.8) is 0 Å². The van der Waals surface area contributed by atoms with Gasteiger partial charge in [0, 0.05) is 31.4 Å². The summed E-state index contributed by atoms with van der Waals surface area (Å²) in [6.45, 7) is 1.96. The van der Waals surface area contributed by atoms with E-state index in [1.54, 1.807) is 42.5 Å². The molecule has 8 heteroatoms. The smallest absolute Gasteiger partial charge is 0.264 e. The maximum atomic E-state index is 13.4. The van der Waals surface area contributed by atoms with Crippen LogP contribution in [0.25, 0.3) is 0 Å². The van der Waals surface area contributed by atoms with Crippen molar-refractivity contribution in [2.24, 2.45) is 0 Å². The molecule has 0 atom stereocenters. The molecule has 0 saturated carbocycles. The summed E-state index contributed by atoms with van der Waals surface area (Å²) in [5.74, 6) is 0.154. The highest BCUT2D eigenvalue weighted by atomic mass is 32.2. The Morgan fingerprint density at radius 2 is 1.79 bits per heavy atom. The Hall–Kier alpha value is -3.52. The number of methoxy groups -OCH3 is 1. The van der Waals surface area contributed by atoms with Crippen LogP contribution in [0, 0.1) is 0 Å². The van der Waals surface area contributed by atoms with E-state index in [0.717, 1.165) is 30.2 Å². The highest BCUT2D eigenvalue weighted by molar-refractivity contribution is 7.92. The summed E-state index contributed by atoms with van der Waals surface area (Å²) in [6.07, 6.45) is 1.81. The Labute approximate surface area is 201 Å². The van der Waals surface area contributed by atoms with Crippen molar-refractivity contribution in [3.05, 3.63) is 84.4 Å². The number of nitrogens with one attached hydrogen (secondary N) is 1. The van der Waals surface area contributed by atoms with Gasteiger partial charge in [-0.2, -0.15) is 0 Å². The molecule has 1 amide bonds. The third-order valence-electron chi connectivity index (χ3n) is 5.87. The summed E-state index contributed by atoms with van der Waals surface area (Å²) < 4.78 is 33.2.